The van der Waals surface area contributed by atoms with Crippen LogP contribution in [-0.4, -0.2) is 23.2 Å². The standard InChI is InChI=1S/C10H21NO2/c1-5-9(7(2)3)11-8(4)6-10(12)13/h7-9,11H,5-6H2,1-4H3,(H,12,13). The van der Waals surface area contributed by atoms with E-state index in [4.69, 9.17) is 5.11 Å². The molecule has 0 aliphatic heterocycles. The molecule has 0 amide bonds. The molecule has 0 aromatic heterocycles. The van der Waals surface area contributed by atoms with Crippen LogP contribution in [0.25, 0.3) is 0 Å². The maximum atomic E-state index is 10.4. The lowest BCUT2D eigenvalue weighted by molar-refractivity contribution is -0.137. The van der Waals surface area contributed by atoms with E-state index < -0.39 is 5.97 Å². The Kier molecular flexibility index (Phi) is 5.71. The molecule has 0 rings (SSSR count). The molecule has 13 heavy (non-hydrogen) atoms. The van der Waals surface area contributed by atoms with Gasteiger partial charge in [0.2, 0.25) is 0 Å². The maximum absolute atomic E-state index is 10.4. The van der Waals surface area contributed by atoms with E-state index in [1.165, 1.54) is 0 Å². The van der Waals surface area contributed by atoms with Gasteiger partial charge in [-0.25, -0.2) is 0 Å². The summed E-state index contributed by atoms with van der Waals surface area (Å²) in [6, 6.07) is 0.485. The molecule has 3 nitrogen and oxygen atoms in total. The number of hydrogen-bond donors (Lipinski definition) is 2. The smallest absolute Gasteiger partial charge is 0.304 e. The first kappa shape index (κ1) is 12.4. The molecule has 0 bridgehead atoms. The monoisotopic (exact) mass is 187 g/mol. The fourth-order valence-electron chi connectivity index (χ4n) is 1.47. The van der Waals surface area contributed by atoms with Crippen molar-refractivity contribution in [2.45, 2.75) is 52.6 Å². The summed E-state index contributed by atoms with van der Waals surface area (Å²) < 4.78 is 0. The Labute approximate surface area is 80.5 Å². The van der Waals surface area contributed by atoms with Gasteiger partial charge < -0.3 is 10.4 Å². The van der Waals surface area contributed by atoms with Crippen LogP contribution >= 0.6 is 0 Å². The average molecular weight is 187 g/mol. The minimum absolute atomic E-state index is 0.0600. The van der Waals surface area contributed by atoms with E-state index in [1.54, 1.807) is 0 Å². The Morgan fingerprint density at radius 3 is 2.23 bits per heavy atom. The molecule has 2 atom stereocenters. The Morgan fingerprint density at radius 1 is 1.38 bits per heavy atom. The average Bonchev–Trinajstić information content (AvgIpc) is 1.98. The van der Waals surface area contributed by atoms with Gasteiger partial charge in [0.05, 0.1) is 6.42 Å². The zero-order valence-electron chi connectivity index (χ0n) is 9.00. The van der Waals surface area contributed by atoms with E-state index in [0.29, 0.717) is 12.0 Å². The van der Waals surface area contributed by atoms with Gasteiger partial charge in [-0.2, -0.15) is 0 Å². The molecule has 0 spiro atoms. The predicted molar refractivity (Wildman–Crippen MR) is 53.8 cm³/mol. The minimum Gasteiger partial charge on any atom is -0.481 e. The van der Waals surface area contributed by atoms with E-state index in [0.717, 1.165) is 6.42 Å². The fraction of sp³-hybridized carbons (Fsp3) is 0.900. The lowest BCUT2D eigenvalue weighted by Gasteiger charge is -2.24. The number of carbonyl (C=O) groups is 1. The summed E-state index contributed by atoms with van der Waals surface area (Å²) in [5.41, 5.74) is 0. The summed E-state index contributed by atoms with van der Waals surface area (Å²) in [7, 11) is 0. The van der Waals surface area contributed by atoms with Crippen LogP contribution in [0.5, 0.6) is 0 Å². The van der Waals surface area contributed by atoms with E-state index in [2.05, 4.69) is 26.1 Å². The number of carboxylic acids is 1. The van der Waals surface area contributed by atoms with Gasteiger partial charge in [-0.15, -0.1) is 0 Å². The summed E-state index contributed by atoms with van der Waals surface area (Å²) >= 11 is 0. The molecular weight excluding hydrogens is 166 g/mol. The van der Waals surface area contributed by atoms with Crippen molar-refractivity contribution in [2.24, 2.45) is 5.92 Å². The van der Waals surface area contributed by atoms with E-state index >= 15 is 0 Å². The van der Waals surface area contributed by atoms with Gasteiger partial charge >= 0.3 is 5.97 Å². The van der Waals surface area contributed by atoms with Crippen molar-refractivity contribution in [3.8, 4) is 0 Å². The lowest BCUT2D eigenvalue weighted by atomic mass is 10.0. The van der Waals surface area contributed by atoms with Crippen LogP contribution < -0.4 is 5.32 Å². The Balaban J connectivity index is 3.86. The van der Waals surface area contributed by atoms with Crippen molar-refractivity contribution in [3.05, 3.63) is 0 Å². The maximum Gasteiger partial charge on any atom is 0.304 e. The summed E-state index contributed by atoms with van der Waals surface area (Å²) in [4.78, 5) is 10.4. The van der Waals surface area contributed by atoms with Crippen molar-refractivity contribution in [1.29, 1.82) is 0 Å². The van der Waals surface area contributed by atoms with Crippen molar-refractivity contribution in [2.75, 3.05) is 0 Å². The molecule has 0 aliphatic carbocycles. The fourth-order valence-corrected chi connectivity index (χ4v) is 1.47. The molecule has 0 fully saturated rings. The Hall–Kier alpha value is -0.570. The number of hydrogen-bond acceptors (Lipinski definition) is 2. The van der Waals surface area contributed by atoms with Crippen LogP contribution in [0.3, 0.4) is 0 Å². The van der Waals surface area contributed by atoms with Gasteiger partial charge in [0, 0.05) is 12.1 Å². The quantitative estimate of drug-likeness (QED) is 0.667. The number of carboxylic acid groups (broad SMARTS) is 1. The zero-order valence-corrected chi connectivity index (χ0v) is 9.00. The first-order valence-electron chi connectivity index (χ1n) is 4.95. The van der Waals surface area contributed by atoms with E-state index in [-0.39, 0.29) is 12.5 Å². The summed E-state index contributed by atoms with van der Waals surface area (Å²) in [6.45, 7) is 8.33. The molecule has 78 valence electrons. The molecule has 0 heterocycles. The topological polar surface area (TPSA) is 49.3 Å². The second-order valence-corrected chi connectivity index (χ2v) is 3.92. The molecule has 0 aromatic rings. The zero-order chi connectivity index (χ0) is 10.4. The second-order valence-electron chi connectivity index (χ2n) is 3.92. The van der Waals surface area contributed by atoms with Gasteiger partial charge in [0.1, 0.15) is 0 Å². The molecule has 2 N–H and O–H groups in total. The van der Waals surface area contributed by atoms with Crippen molar-refractivity contribution >= 4 is 5.97 Å². The Morgan fingerprint density at radius 2 is 1.92 bits per heavy atom. The third-order valence-electron chi connectivity index (χ3n) is 2.22. The number of rotatable bonds is 6. The highest BCUT2D eigenvalue weighted by molar-refractivity contribution is 5.67. The molecule has 0 saturated heterocycles. The first-order valence-corrected chi connectivity index (χ1v) is 4.95. The molecule has 0 radical (unpaired) electrons. The summed E-state index contributed by atoms with van der Waals surface area (Å²) in [6.07, 6.45) is 1.24. The minimum atomic E-state index is -0.737. The highest BCUT2D eigenvalue weighted by atomic mass is 16.4. The van der Waals surface area contributed by atoms with Crippen molar-refractivity contribution in [3.63, 3.8) is 0 Å². The molecule has 0 saturated carbocycles. The van der Waals surface area contributed by atoms with Gasteiger partial charge in [-0.05, 0) is 19.3 Å². The molecule has 2 unspecified atom stereocenters. The third-order valence-corrected chi connectivity index (χ3v) is 2.22. The van der Waals surface area contributed by atoms with Gasteiger partial charge in [-0.3, -0.25) is 4.79 Å². The number of nitrogens with one attached hydrogen (secondary N) is 1. The molecular formula is C10H21NO2. The lowest BCUT2D eigenvalue weighted by Crippen LogP contribution is -2.40. The van der Waals surface area contributed by atoms with Crippen molar-refractivity contribution in [1.82, 2.24) is 5.32 Å². The van der Waals surface area contributed by atoms with Crippen LogP contribution in [0.2, 0.25) is 0 Å². The van der Waals surface area contributed by atoms with Crippen LogP contribution in [0.15, 0.2) is 0 Å². The highest BCUT2D eigenvalue weighted by Gasteiger charge is 2.15. The molecule has 0 aliphatic rings. The second kappa shape index (κ2) is 5.97. The summed E-state index contributed by atoms with van der Waals surface area (Å²) in [5, 5.41) is 11.9. The normalized spacial score (nSPS) is 15.8. The SMILES string of the molecule is CCC(NC(C)CC(=O)O)C(C)C. The molecule has 3 heteroatoms. The van der Waals surface area contributed by atoms with Gasteiger partial charge in [-0.1, -0.05) is 20.8 Å². The van der Waals surface area contributed by atoms with Crippen LogP contribution in [0, 0.1) is 5.92 Å². The van der Waals surface area contributed by atoms with Crippen molar-refractivity contribution < 1.29 is 9.90 Å². The van der Waals surface area contributed by atoms with Gasteiger partial charge in [0.25, 0.3) is 0 Å². The van der Waals surface area contributed by atoms with Crippen LogP contribution in [-0.2, 0) is 4.79 Å². The Bertz CT molecular complexity index is 157. The highest BCUT2D eigenvalue weighted by Crippen LogP contribution is 2.07. The van der Waals surface area contributed by atoms with Crippen LogP contribution in [0.1, 0.15) is 40.5 Å². The molecule has 0 aromatic carbocycles. The van der Waals surface area contributed by atoms with E-state index in [9.17, 15) is 4.79 Å². The van der Waals surface area contributed by atoms with Crippen LogP contribution in [0.4, 0.5) is 0 Å². The third kappa shape index (κ3) is 5.64. The summed E-state index contributed by atoms with van der Waals surface area (Å²) in [5.74, 6) is -0.181. The number of aliphatic carboxylic acids is 1. The first-order chi connectivity index (χ1) is 5.97. The largest absolute Gasteiger partial charge is 0.481 e. The van der Waals surface area contributed by atoms with Gasteiger partial charge in [0.15, 0.2) is 0 Å². The predicted octanol–water partition coefficient (Wildman–Crippen LogP) is 1.87. The van der Waals surface area contributed by atoms with E-state index in [1.807, 2.05) is 6.92 Å².